The Morgan fingerprint density at radius 3 is 2.24 bits per heavy atom. The van der Waals surface area contributed by atoms with Gasteiger partial charge in [-0.2, -0.15) is 0 Å². The monoisotopic (exact) mass is 512 g/mol. The molecule has 2 aromatic carbocycles. The Morgan fingerprint density at radius 1 is 1.07 bits per heavy atom. The molecule has 0 aliphatic heterocycles. The molecule has 2 rings (SSSR count). The van der Waals surface area contributed by atoms with Crippen molar-refractivity contribution in [2.24, 2.45) is 0 Å². The second kappa shape index (κ2) is 10.4. The van der Waals surface area contributed by atoms with Crippen LogP contribution in [0.5, 0.6) is 5.75 Å². The summed E-state index contributed by atoms with van der Waals surface area (Å²) in [6, 6.07) is 13.7. The highest BCUT2D eigenvalue weighted by Gasteiger charge is 2.23. The minimum Gasteiger partial charge on any atom is -0.489 e. The molecule has 0 bridgehead atoms. The molecule has 2 amide bonds. The molecule has 0 heterocycles. The third kappa shape index (κ3) is 8.28. The number of hydrogen-bond donors (Lipinski definition) is 3. The lowest BCUT2D eigenvalue weighted by Crippen LogP contribution is -2.47. The van der Waals surface area contributed by atoms with Crippen molar-refractivity contribution in [2.45, 2.75) is 39.0 Å². The first-order valence-corrected chi connectivity index (χ1v) is 10.1. The van der Waals surface area contributed by atoms with E-state index in [0.29, 0.717) is 18.0 Å². The second-order valence-electron chi connectivity index (χ2n) is 7.31. The lowest BCUT2D eigenvalue weighted by atomic mass is 10.2. The van der Waals surface area contributed by atoms with Gasteiger partial charge in [0.05, 0.1) is 6.61 Å². The zero-order valence-corrected chi connectivity index (χ0v) is 18.7. The maximum absolute atomic E-state index is 12.3. The van der Waals surface area contributed by atoms with E-state index in [1.807, 2.05) is 24.3 Å². The van der Waals surface area contributed by atoms with E-state index in [-0.39, 0.29) is 0 Å². The molecule has 7 nitrogen and oxygen atoms in total. The van der Waals surface area contributed by atoms with Crippen LogP contribution < -0.4 is 15.4 Å². The van der Waals surface area contributed by atoms with Crippen molar-refractivity contribution in [3.8, 4) is 5.75 Å². The number of benzene rings is 2. The molecule has 0 aliphatic rings. The van der Waals surface area contributed by atoms with Crippen molar-refractivity contribution < 1.29 is 24.2 Å². The Bertz CT molecular complexity index is 816. The molecule has 0 unspecified atom stereocenters. The van der Waals surface area contributed by atoms with E-state index in [2.05, 4.69) is 33.2 Å². The number of rotatable bonds is 7. The van der Waals surface area contributed by atoms with Crippen LogP contribution >= 0.6 is 22.6 Å². The first-order chi connectivity index (χ1) is 13.7. The van der Waals surface area contributed by atoms with E-state index in [9.17, 15) is 14.7 Å². The number of carbonyl (C=O) groups excluding carboxylic acids is 2. The first-order valence-electron chi connectivity index (χ1n) is 9.05. The summed E-state index contributed by atoms with van der Waals surface area (Å²) in [6.07, 6.45) is -0.772. The Labute approximate surface area is 183 Å². The van der Waals surface area contributed by atoms with Crippen LogP contribution in [0.4, 0.5) is 10.5 Å². The maximum atomic E-state index is 12.3. The largest absolute Gasteiger partial charge is 0.489 e. The normalized spacial score (nSPS) is 12.0. The van der Waals surface area contributed by atoms with Crippen LogP contribution in [0.1, 0.15) is 26.3 Å². The summed E-state index contributed by atoms with van der Waals surface area (Å²) in [7, 11) is 0. The fourth-order valence-corrected chi connectivity index (χ4v) is 2.61. The van der Waals surface area contributed by atoms with Gasteiger partial charge in [0.2, 0.25) is 5.91 Å². The summed E-state index contributed by atoms with van der Waals surface area (Å²) in [5, 5.41) is 14.4. The number of halogens is 1. The van der Waals surface area contributed by atoms with Gasteiger partial charge in [0.1, 0.15) is 24.0 Å². The SMILES string of the molecule is CC(C)(C)OC(=O)N[C@@H](CO)C(=O)Nc1ccc(OCc2ccc(I)cc2)cc1. The Hall–Kier alpha value is -2.33. The lowest BCUT2D eigenvalue weighted by molar-refractivity contribution is -0.119. The molecule has 156 valence electrons. The molecular weight excluding hydrogens is 487 g/mol. The molecule has 0 saturated carbocycles. The third-order valence-electron chi connectivity index (χ3n) is 3.63. The van der Waals surface area contributed by atoms with Crippen LogP contribution in [0.2, 0.25) is 0 Å². The topological polar surface area (TPSA) is 96.9 Å². The van der Waals surface area contributed by atoms with Gasteiger partial charge in [0.25, 0.3) is 0 Å². The molecule has 29 heavy (non-hydrogen) atoms. The summed E-state index contributed by atoms with van der Waals surface area (Å²) >= 11 is 2.25. The molecule has 0 radical (unpaired) electrons. The summed E-state index contributed by atoms with van der Waals surface area (Å²) in [5.41, 5.74) is 0.872. The Balaban J connectivity index is 1.87. The van der Waals surface area contributed by atoms with Gasteiger partial charge in [-0.15, -0.1) is 0 Å². The van der Waals surface area contributed by atoms with E-state index in [4.69, 9.17) is 9.47 Å². The van der Waals surface area contributed by atoms with Crippen LogP contribution in [-0.2, 0) is 16.1 Å². The van der Waals surface area contributed by atoms with E-state index >= 15 is 0 Å². The molecule has 0 aliphatic carbocycles. The summed E-state index contributed by atoms with van der Waals surface area (Å²) in [6.45, 7) is 5.02. The van der Waals surface area contributed by atoms with Crippen molar-refractivity contribution >= 4 is 40.3 Å². The molecule has 0 fully saturated rings. The van der Waals surface area contributed by atoms with Crippen LogP contribution in [0.25, 0.3) is 0 Å². The van der Waals surface area contributed by atoms with Gasteiger partial charge in [0.15, 0.2) is 0 Å². The number of anilines is 1. The molecule has 1 atom stereocenters. The van der Waals surface area contributed by atoms with E-state index in [1.165, 1.54) is 0 Å². The molecule has 8 heteroatoms. The van der Waals surface area contributed by atoms with Crippen molar-refractivity contribution in [3.05, 3.63) is 57.7 Å². The van der Waals surface area contributed by atoms with E-state index in [1.54, 1.807) is 45.0 Å². The van der Waals surface area contributed by atoms with Crippen molar-refractivity contribution in [1.29, 1.82) is 0 Å². The predicted molar refractivity (Wildman–Crippen MR) is 119 cm³/mol. The fourth-order valence-electron chi connectivity index (χ4n) is 2.26. The number of amides is 2. The van der Waals surface area contributed by atoms with Gasteiger partial charge in [-0.25, -0.2) is 4.79 Å². The van der Waals surface area contributed by atoms with Crippen LogP contribution in [0.15, 0.2) is 48.5 Å². The van der Waals surface area contributed by atoms with Gasteiger partial charge in [0, 0.05) is 9.26 Å². The number of nitrogens with one attached hydrogen (secondary N) is 2. The third-order valence-corrected chi connectivity index (χ3v) is 4.35. The van der Waals surface area contributed by atoms with Crippen molar-refractivity contribution in [3.63, 3.8) is 0 Å². The lowest BCUT2D eigenvalue weighted by Gasteiger charge is -2.22. The van der Waals surface area contributed by atoms with Crippen LogP contribution in [-0.4, -0.2) is 35.4 Å². The van der Waals surface area contributed by atoms with Gasteiger partial charge in [-0.05, 0) is 85.3 Å². The summed E-state index contributed by atoms with van der Waals surface area (Å²) in [5.74, 6) is 0.109. The molecule has 0 saturated heterocycles. The second-order valence-corrected chi connectivity index (χ2v) is 8.56. The highest BCUT2D eigenvalue weighted by Crippen LogP contribution is 2.18. The number of hydrogen-bond acceptors (Lipinski definition) is 5. The average molecular weight is 512 g/mol. The highest BCUT2D eigenvalue weighted by atomic mass is 127. The molecule has 0 spiro atoms. The number of aliphatic hydroxyl groups is 1. The summed E-state index contributed by atoms with van der Waals surface area (Å²) < 4.78 is 12.0. The average Bonchev–Trinajstić information content (AvgIpc) is 2.65. The van der Waals surface area contributed by atoms with Crippen LogP contribution in [0.3, 0.4) is 0 Å². The number of ether oxygens (including phenoxy) is 2. The fraction of sp³-hybridized carbons (Fsp3) is 0.333. The number of carbonyl (C=O) groups is 2. The molecule has 3 N–H and O–H groups in total. The Kier molecular flexibility index (Phi) is 8.27. The zero-order chi connectivity index (χ0) is 21.4. The zero-order valence-electron chi connectivity index (χ0n) is 16.6. The number of aliphatic hydroxyl groups excluding tert-OH is 1. The van der Waals surface area contributed by atoms with Gasteiger partial charge in [-0.1, -0.05) is 12.1 Å². The maximum Gasteiger partial charge on any atom is 0.408 e. The minimum absolute atomic E-state index is 0.440. The number of alkyl carbamates (subject to hydrolysis) is 1. The Morgan fingerprint density at radius 2 is 1.69 bits per heavy atom. The first kappa shape index (κ1) is 23.0. The van der Waals surface area contributed by atoms with Crippen LogP contribution in [0, 0.1) is 3.57 Å². The predicted octanol–water partition coefficient (Wildman–Crippen LogP) is 3.69. The standard InChI is InChI=1S/C21H25IN2O5/c1-21(2,3)29-20(27)24-18(12-25)19(26)23-16-8-10-17(11-9-16)28-13-14-4-6-15(22)7-5-14/h4-11,18,25H,12-13H2,1-3H3,(H,23,26)(H,24,27)/t18-/m0/s1. The molecule has 0 aromatic heterocycles. The van der Waals surface area contributed by atoms with Crippen molar-refractivity contribution in [1.82, 2.24) is 5.32 Å². The minimum atomic E-state index is -1.12. The van der Waals surface area contributed by atoms with E-state index in [0.717, 1.165) is 9.13 Å². The highest BCUT2D eigenvalue weighted by molar-refractivity contribution is 14.1. The molecule has 2 aromatic rings. The van der Waals surface area contributed by atoms with Gasteiger partial charge in [-0.3, -0.25) is 4.79 Å². The molecular formula is C21H25IN2O5. The van der Waals surface area contributed by atoms with E-state index < -0.39 is 30.3 Å². The quantitative estimate of drug-likeness (QED) is 0.492. The smallest absolute Gasteiger partial charge is 0.408 e. The van der Waals surface area contributed by atoms with Gasteiger partial charge < -0.3 is 25.2 Å². The van der Waals surface area contributed by atoms with Crippen molar-refractivity contribution in [2.75, 3.05) is 11.9 Å². The van der Waals surface area contributed by atoms with Gasteiger partial charge >= 0.3 is 6.09 Å². The summed E-state index contributed by atoms with van der Waals surface area (Å²) in [4.78, 5) is 24.1.